The van der Waals surface area contributed by atoms with Crippen molar-refractivity contribution in [2.24, 2.45) is 0 Å². The first kappa shape index (κ1) is 21.9. The standard InChI is InChI=1S/C26H21F2NO5/c1-14-3-5-16(23(30)31)11-19(14)20-13-18(7-4-15(20)2)29-24(32)25(9-10-25)17-6-8-21-22(12-17)34-26(27,28)33-21/h3-8,11-13H,9-10H2,1-2H3,(H,29,32)(H,30,31). The van der Waals surface area contributed by atoms with Crippen LogP contribution in [-0.4, -0.2) is 23.3 Å². The van der Waals surface area contributed by atoms with Gasteiger partial charge < -0.3 is 19.9 Å². The fourth-order valence-corrected chi connectivity index (χ4v) is 4.30. The Kier molecular flexibility index (Phi) is 4.86. The van der Waals surface area contributed by atoms with Crippen molar-refractivity contribution in [2.45, 2.75) is 38.4 Å². The van der Waals surface area contributed by atoms with E-state index in [9.17, 15) is 23.5 Å². The number of carboxylic acids is 1. The second-order valence-electron chi connectivity index (χ2n) is 8.73. The Labute approximate surface area is 194 Å². The summed E-state index contributed by atoms with van der Waals surface area (Å²) in [6.07, 6.45) is -2.56. The molecule has 3 aromatic carbocycles. The minimum absolute atomic E-state index is 0.0629. The fraction of sp³-hybridized carbons (Fsp3) is 0.231. The van der Waals surface area contributed by atoms with Crippen molar-refractivity contribution in [3.63, 3.8) is 0 Å². The van der Waals surface area contributed by atoms with E-state index in [-0.39, 0.29) is 23.0 Å². The van der Waals surface area contributed by atoms with Gasteiger partial charge in [-0.15, -0.1) is 8.78 Å². The third-order valence-electron chi connectivity index (χ3n) is 6.41. The van der Waals surface area contributed by atoms with E-state index in [1.165, 1.54) is 12.1 Å². The maximum Gasteiger partial charge on any atom is 0.586 e. The molecule has 2 N–H and O–H groups in total. The van der Waals surface area contributed by atoms with Crippen LogP contribution in [0.1, 0.15) is 39.9 Å². The monoisotopic (exact) mass is 465 g/mol. The van der Waals surface area contributed by atoms with Crippen molar-refractivity contribution < 1.29 is 33.0 Å². The van der Waals surface area contributed by atoms with Crippen LogP contribution in [0.5, 0.6) is 11.5 Å². The molecule has 1 saturated carbocycles. The van der Waals surface area contributed by atoms with Gasteiger partial charge in [-0.1, -0.05) is 18.2 Å². The van der Waals surface area contributed by atoms with E-state index in [2.05, 4.69) is 14.8 Å². The molecule has 8 heteroatoms. The highest BCUT2D eigenvalue weighted by Gasteiger charge is 2.52. The van der Waals surface area contributed by atoms with Crippen LogP contribution >= 0.6 is 0 Å². The average Bonchev–Trinajstić information content (AvgIpc) is 3.52. The molecule has 1 heterocycles. The highest BCUT2D eigenvalue weighted by Crippen LogP contribution is 2.52. The summed E-state index contributed by atoms with van der Waals surface area (Å²) in [4.78, 5) is 24.7. The van der Waals surface area contributed by atoms with Crippen LogP contribution in [0.15, 0.2) is 54.6 Å². The SMILES string of the molecule is Cc1ccc(NC(=O)C2(c3ccc4c(c3)OC(F)(F)O4)CC2)cc1-c1cc(C(=O)O)ccc1C. The Morgan fingerprint density at radius 2 is 1.53 bits per heavy atom. The summed E-state index contributed by atoms with van der Waals surface area (Å²) in [6.45, 7) is 3.81. The number of nitrogens with one attached hydrogen (secondary N) is 1. The lowest BCUT2D eigenvalue weighted by molar-refractivity contribution is -0.286. The lowest BCUT2D eigenvalue weighted by Crippen LogP contribution is -2.28. The van der Waals surface area contributed by atoms with Crippen LogP contribution < -0.4 is 14.8 Å². The molecule has 0 atom stereocenters. The van der Waals surface area contributed by atoms with Gasteiger partial charge in [-0.05, 0) is 90.9 Å². The van der Waals surface area contributed by atoms with E-state index in [0.717, 1.165) is 22.3 Å². The van der Waals surface area contributed by atoms with Crippen molar-refractivity contribution in [1.82, 2.24) is 0 Å². The molecule has 0 bridgehead atoms. The molecule has 1 aliphatic heterocycles. The largest absolute Gasteiger partial charge is 0.586 e. The first-order valence-electron chi connectivity index (χ1n) is 10.7. The topological polar surface area (TPSA) is 84.9 Å². The number of ether oxygens (including phenoxy) is 2. The number of alkyl halides is 2. The number of halogens is 2. The molecule has 5 rings (SSSR count). The van der Waals surface area contributed by atoms with Crippen molar-refractivity contribution in [1.29, 1.82) is 0 Å². The van der Waals surface area contributed by atoms with Crippen LogP contribution in [-0.2, 0) is 10.2 Å². The van der Waals surface area contributed by atoms with Gasteiger partial charge in [0.1, 0.15) is 0 Å². The number of aromatic carboxylic acids is 1. The molecule has 1 amide bonds. The smallest absolute Gasteiger partial charge is 0.478 e. The molecule has 2 aliphatic rings. The summed E-state index contributed by atoms with van der Waals surface area (Å²) < 4.78 is 35.7. The molecule has 0 spiro atoms. The number of rotatable bonds is 5. The number of carbonyl (C=O) groups excluding carboxylic acids is 1. The van der Waals surface area contributed by atoms with Gasteiger partial charge in [-0.25, -0.2) is 4.79 Å². The zero-order chi connectivity index (χ0) is 24.3. The van der Waals surface area contributed by atoms with Gasteiger partial charge in [0.2, 0.25) is 5.91 Å². The maximum absolute atomic E-state index is 13.4. The number of carbonyl (C=O) groups is 2. The Hall–Kier alpha value is -3.94. The summed E-state index contributed by atoms with van der Waals surface area (Å²) in [7, 11) is 0. The molecule has 174 valence electrons. The first-order valence-corrected chi connectivity index (χ1v) is 10.7. The van der Waals surface area contributed by atoms with E-state index in [0.29, 0.717) is 24.1 Å². The maximum atomic E-state index is 13.4. The Morgan fingerprint density at radius 3 is 2.21 bits per heavy atom. The molecule has 6 nitrogen and oxygen atoms in total. The van der Waals surface area contributed by atoms with Crippen LogP contribution in [0.2, 0.25) is 0 Å². The molecular formula is C26H21F2NO5. The minimum Gasteiger partial charge on any atom is -0.478 e. The molecule has 0 unspecified atom stereocenters. The number of hydrogen-bond acceptors (Lipinski definition) is 4. The van der Waals surface area contributed by atoms with Gasteiger partial charge in [-0.2, -0.15) is 0 Å². The second-order valence-corrected chi connectivity index (χ2v) is 8.73. The number of carboxylic acid groups (broad SMARTS) is 1. The zero-order valence-electron chi connectivity index (χ0n) is 18.4. The summed E-state index contributed by atoms with van der Waals surface area (Å²) in [5, 5.41) is 12.3. The number of fused-ring (bicyclic) bond motifs is 1. The van der Waals surface area contributed by atoms with Crippen LogP contribution in [0.25, 0.3) is 11.1 Å². The number of hydrogen-bond donors (Lipinski definition) is 2. The lowest BCUT2D eigenvalue weighted by atomic mass is 9.93. The fourth-order valence-electron chi connectivity index (χ4n) is 4.30. The second kappa shape index (κ2) is 7.55. The third-order valence-corrected chi connectivity index (χ3v) is 6.41. The third kappa shape index (κ3) is 3.75. The van der Waals surface area contributed by atoms with Crippen LogP contribution in [0, 0.1) is 13.8 Å². The molecular weight excluding hydrogens is 444 g/mol. The summed E-state index contributed by atoms with van der Waals surface area (Å²) in [5.41, 5.74) is 3.92. The molecule has 1 fully saturated rings. The number of anilines is 1. The van der Waals surface area contributed by atoms with Gasteiger partial charge in [0.05, 0.1) is 11.0 Å². The van der Waals surface area contributed by atoms with E-state index < -0.39 is 17.7 Å². The molecule has 0 radical (unpaired) electrons. The summed E-state index contributed by atoms with van der Waals surface area (Å²) >= 11 is 0. The Balaban J connectivity index is 1.43. The highest BCUT2D eigenvalue weighted by molar-refractivity contribution is 6.02. The molecule has 1 aliphatic carbocycles. The van der Waals surface area contributed by atoms with E-state index >= 15 is 0 Å². The van der Waals surface area contributed by atoms with E-state index in [4.69, 9.17) is 0 Å². The highest BCUT2D eigenvalue weighted by atomic mass is 19.3. The quantitative estimate of drug-likeness (QED) is 0.508. The number of aryl methyl sites for hydroxylation is 2. The van der Waals surface area contributed by atoms with Gasteiger partial charge >= 0.3 is 12.3 Å². The van der Waals surface area contributed by atoms with Crippen LogP contribution in [0.4, 0.5) is 14.5 Å². The number of benzene rings is 3. The Morgan fingerprint density at radius 1 is 0.882 bits per heavy atom. The average molecular weight is 465 g/mol. The molecule has 3 aromatic rings. The first-order chi connectivity index (χ1) is 16.1. The normalized spacial score (nSPS) is 16.7. The van der Waals surface area contributed by atoms with E-state index in [1.807, 2.05) is 26.0 Å². The predicted molar refractivity (Wildman–Crippen MR) is 120 cm³/mol. The predicted octanol–water partition coefficient (Wildman–Crippen LogP) is 5.66. The lowest BCUT2D eigenvalue weighted by Gasteiger charge is -2.18. The van der Waals surface area contributed by atoms with Crippen molar-refractivity contribution >= 4 is 17.6 Å². The van der Waals surface area contributed by atoms with Crippen molar-refractivity contribution in [3.8, 4) is 22.6 Å². The van der Waals surface area contributed by atoms with Crippen molar-refractivity contribution in [3.05, 3.63) is 76.9 Å². The minimum atomic E-state index is -3.71. The van der Waals surface area contributed by atoms with Gasteiger partial charge in [-0.3, -0.25) is 4.79 Å². The summed E-state index contributed by atoms with van der Waals surface area (Å²) in [6, 6.07) is 14.8. The van der Waals surface area contributed by atoms with Gasteiger partial charge in [0.15, 0.2) is 11.5 Å². The molecule has 34 heavy (non-hydrogen) atoms. The molecule has 0 aromatic heterocycles. The van der Waals surface area contributed by atoms with E-state index in [1.54, 1.807) is 30.3 Å². The summed E-state index contributed by atoms with van der Waals surface area (Å²) in [5.74, 6) is -1.41. The van der Waals surface area contributed by atoms with Gasteiger partial charge in [0.25, 0.3) is 0 Å². The molecule has 0 saturated heterocycles. The Bertz CT molecular complexity index is 1350. The van der Waals surface area contributed by atoms with Crippen molar-refractivity contribution in [2.75, 3.05) is 5.32 Å². The number of amides is 1. The van der Waals surface area contributed by atoms with Gasteiger partial charge in [0, 0.05) is 5.69 Å². The van der Waals surface area contributed by atoms with Crippen LogP contribution in [0.3, 0.4) is 0 Å². The zero-order valence-corrected chi connectivity index (χ0v) is 18.4.